The van der Waals surface area contributed by atoms with Gasteiger partial charge in [0.15, 0.2) is 0 Å². The van der Waals surface area contributed by atoms with E-state index in [4.69, 9.17) is 5.73 Å². The lowest BCUT2D eigenvalue weighted by Gasteiger charge is -2.01. The van der Waals surface area contributed by atoms with Crippen LogP contribution in [0.4, 0.5) is 5.82 Å². The van der Waals surface area contributed by atoms with Gasteiger partial charge in [-0.2, -0.15) is 0 Å². The van der Waals surface area contributed by atoms with Gasteiger partial charge in [-0.25, -0.2) is 15.0 Å². The van der Waals surface area contributed by atoms with Gasteiger partial charge in [0, 0.05) is 24.4 Å². The lowest BCUT2D eigenvalue weighted by atomic mass is 10.2. The predicted molar refractivity (Wildman–Crippen MR) is 59.1 cm³/mol. The first-order valence-corrected chi connectivity index (χ1v) is 4.83. The number of aryl methyl sites for hydroxylation is 1. The van der Waals surface area contributed by atoms with Crippen molar-refractivity contribution >= 4 is 5.82 Å². The Morgan fingerprint density at radius 2 is 1.93 bits per heavy atom. The molecule has 0 unspecified atom stereocenters. The smallest absolute Gasteiger partial charge is 0.127 e. The molecule has 0 saturated carbocycles. The number of pyridine rings is 1. The molecule has 4 heteroatoms. The van der Waals surface area contributed by atoms with Crippen LogP contribution in [0.3, 0.4) is 0 Å². The summed E-state index contributed by atoms with van der Waals surface area (Å²) in [5, 5.41) is 0. The topological polar surface area (TPSA) is 64.7 Å². The second-order valence-corrected chi connectivity index (χ2v) is 3.19. The van der Waals surface area contributed by atoms with E-state index in [0.717, 1.165) is 23.5 Å². The molecule has 0 aliphatic rings. The highest BCUT2D eigenvalue weighted by Crippen LogP contribution is 2.15. The summed E-state index contributed by atoms with van der Waals surface area (Å²) in [4.78, 5) is 12.6. The number of nitrogens with two attached hydrogens (primary N) is 1. The number of hydrogen-bond donors (Lipinski definition) is 1. The van der Waals surface area contributed by atoms with Crippen molar-refractivity contribution in [3.05, 3.63) is 36.4 Å². The third-order valence-electron chi connectivity index (χ3n) is 2.09. The van der Waals surface area contributed by atoms with Gasteiger partial charge in [0.05, 0.1) is 5.69 Å². The second-order valence-electron chi connectivity index (χ2n) is 3.19. The van der Waals surface area contributed by atoms with Gasteiger partial charge < -0.3 is 5.73 Å². The zero-order valence-corrected chi connectivity index (χ0v) is 8.51. The van der Waals surface area contributed by atoms with Crippen molar-refractivity contribution in [2.45, 2.75) is 13.3 Å². The molecule has 0 atom stereocenters. The van der Waals surface area contributed by atoms with Crippen molar-refractivity contribution < 1.29 is 0 Å². The molecule has 2 aromatic heterocycles. The SMILES string of the molecule is CCc1ncc(-c2cccc(N)n2)cn1. The fourth-order valence-electron chi connectivity index (χ4n) is 1.28. The van der Waals surface area contributed by atoms with E-state index in [1.165, 1.54) is 0 Å². The van der Waals surface area contributed by atoms with Crippen LogP contribution in [0.1, 0.15) is 12.7 Å². The molecule has 2 N–H and O–H groups in total. The predicted octanol–water partition coefficient (Wildman–Crippen LogP) is 1.68. The Bertz CT molecular complexity index is 450. The Hall–Kier alpha value is -1.97. The average molecular weight is 200 g/mol. The standard InChI is InChI=1S/C11H12N4/c1-2-11-13-6-8(7-14-11)9-4-3-5-10(12)15-9/h3-7H,2H2,1H3,(H2,12,15). The molecule has 15 heavy (non-hydrogen) atoms. The summed E-state index contributed by atoms with van der Waals surface area (Å²) in [5.74, 6) is 1.34. The summed E-state index contributed by atoms with van der Waals surface area (Å²) < 4.78 is 0. The van der Waals surface area contributed by atoms with Crippen LogP contribution in [0.25, 0.3) is 11.3 Å². The maximum absolute atomic E-state index is 5.60. The Morgan fingerprint density at radius 1 is 1.20 bits per heavy atom. The Balaban J connectivity index is 2.37. The molecule has 0 radical (unpaired) electrons. The van der Waals surface area contributed by atoms with Crippen molar-refractivity contribution in [2.75, 3.05) is 5.73 Å². The van der Waals surface area contributed by atoms with Gasteiger partial charge >= 0.3 is 0 Å². The summed E-state index contributed by atoms with van der Waals surface area (Å²) >= 11 is 0. The normalized spacial score (nSPS) is 10.2. The number of aromatic nitrogens is 3. The van der Waals surface area contributed by atoms with Crippen molar-refractivity contribution in [1.82, 2.24) is 15.0 Å². The molecule has 0 aromatic carbocycles. The maximum atomic E-state index is 5.60. The fraction of sp³-hybridized carbons (Fsp3) is 0.182. The maximum Gasteiger partial charge on any atom is 0.127 e. The third kappa shape index (κ3) is 2.10. The molecule has 76 valence electrons. The Labute approximate surface area is 88.2 Å². The van der Waals surface area contributed by atoms with E-state index < -0.39 is 0 Å². The van der Waals surface area contributed by atoms with Crippen molar-refractivity contribution in [3.63, 3.8) is 0 Å². The van der Waals surface area contributed by atoms with Gasteiger partial charge in [-0.3, -0.25) is 0 Å². The average Bonchev–Trinajstić information content (AvgIpc) is 2.29. The number of nitrogen functional groups attached to an aromatic ring is 1. The Kier molecular flexibility index (Phi) is 2.58. The molecule has 0 amide bonds. The highest BCUT2D eigenvalue weighted by Gasteiger charge is 2.00. The molecular formula is C11H12N4. The molecule has 0 bridgehead atoms. The molecule has 0 fully saturated rings. The largest absolute Gasteiger partial charge is 0.384 e. The number of anilines is 1. The lowest BCUT2D eigenvalue weighted by molar-refractivity contribution is 0.940. The summed E-state index contributed by atoms with van der Waals surface area (Å²) in [5.41, 5.74) is 7.29. The van der Waals surface area contributed by atoms with E-state index in [1.807, 2.05) is 19.1 Å². The summed E-state index contributed by atoms with van der Waals surface area (Å²) in [6, 6.07) is 5.51. The molecule has 0 aliphatic carbocycles. The van der Waals surface area contributed by atoms with Gasteiger partial charge in [-0.05, 0) is 12.1 Å². The summed E-state index contributed by atoms with van der Waals surface area (Å²) in [6.07, 6.45) is 4.38. The van der Waals surface area contributed by atoms with Crippen LogP contribution in [-0.2, 0) is 6.42 Å². The van der Waals surface area contributed by atoms with Crippen molar-refractivity contribution in [2.24, 2.45) is 0 Å². The van der Waals surface area contributed by atoms with Gasteiger partial charge in [0.1, 0.15) is 11.6 Å². The minimum atomic E-state index is 0.507. The quantitative estimate of drug-likeness (QED) is 0.801. The number of nitrogens with zero attached hydrogens (tertiary/aromatic N) is 3. The molecular weight excluding hydrogens is 188 g/mol. The van der Waals surface area contributed by atoms with Gasteiger partial charge in [-0.1, -0.05) is 13.0 Å². The highest BCUT2D eigenvalue weighted by molar-refractivity contribution is 5.58. The van der Waals surface area contributed by atoms with Crippen LogP contribution < -0.4 is 5.73 Å². The highest BCUT2D eigenvalue weighted by atomic mass is 14.9. The molecule has 4 nitrogen and oxygen atoms in total. The van der Waals surface area contributed by atoms with E-state index >= 15 is 0 Å². The number of rotatable bonds is 2. The summed E-state index contributed by atoms with van der Waals surface area (Å²) in [7, 11) is 0. The zero-order chi connectivity index (χ0) is 10.7. The summed E-state index contributed by atoms with van der Waals surface area (Å²) in [6.45, 7) is 2.02. The van der Waals surface area contributed by atoms with Gasteiger partial charge in [-0.15, -0.1) is 0 Å². The first-order chi connectivity index (χ1) is 7.29. The lowest BCUT2D eigenvalue weighted by Crippen LogP contribution is -1.95. The zero-order valence-electron chi connectivity index (χ0n) is 8.51. The van der Waals surface area contributed by atoms with Crippen LogP contribution in [0.2, 0.25) is 0 Å². The Morgan fingerprint density at radius 3 is 2.53 bits per heavy atom. The fourth-order valence-corrected chi connectivity index (χ4v) is 1.28. The molecule has 2 rings (SSSR count). The van der Waals surface area contributed by atoms with Crippen LogP contribution in [0, 0.1) is 0 Å². The minimum Gasteiger partial charge on any atom is -0.384 e. The van der Waals surface area contributed by atoms with E-state index in [9.17, 15) is 0 Å². The van der Waals surface area contributed by atoms with E-state index in [0.29, 0.717) is 5.82 Å². The second kappa shape index (κ2) is 4.04. The van der Waals surface area contributed by atoms with E-state index in [2.05, 4.69) is 15.0 Å². The first-order valence-electron chi connectivity index (χ1n) is 4.83. The minimum absolute atomic E-state index is 0.507. The monoisotopic (exact) mass is 200 g/mol. The van der Waals surface area contributed by atoms with Gasteiger partial charge in [0.2, 0.25) is 0 Å². The number of hydrogen-bond acceptors (Lipinski definition) is 4. The van der Waals surface area contributed by atoms with E-state index in [-0.39, 0.29) is 0 Å². The molecule has 2 aromatic rings. The first kappa shape index (κ1) is 9.58. The van der Waals surface area contributed by atoms with Crippen molar-refractivity contribution in [3.8, 4) is 11.3 Å². The van der Waals surface area contributed by atoms with Crippen LogP contribution in [0.15, 0.2) is 30.6 Å². The van der Waals surface area contributed by atoms with E-state index in [1.54, 1.807) is 18.5 Å². The molecule has 0 saturated heterocycles. The molecule has 0 aliphatic heterocycles. The molecule has 2 heterocycles. The van der Waals surface area contributed by atoms with Gasteiger partial charge in [0.25, 0.3) is 0 Å². The van der Waals surface area contributed by atoms with Crippen molar-refractivity contribution in [1.29, 1.82) is 0 Å². The van der Waals surface area contributed by atoms with Crippen LogP contribution in [0.5, 0.6) is 0 Å². The van der Waals surface area contributed by atoms with Crippen LogP contribution >= 0.6 is 0 Å². The third-order valence-corrected chi connectivity index (χ3v) is 2.09. The molecule has 0 spiro atoms. The van der Waals surface area contributed by atoms with Crippen LogP contribution in [-0.4, -0.2) is 15.0 Å².